The lowest BCUT2D eigenvalue weighted by atomic mass is 10.0. The molecule has 1 saturated heterocycles. The fourth-order valence-corrected chi connectivity index (χ4v) is 3.96. The third kappa shape index (κ3) is 3.14. The van der Waals surface area contributed by atoms with Crippen LogP contribution in [0.3, 0.4) is 0 Å². The molecule has 0 N–H and O–H groups in total. The molecule has 1 amide bonds. The van der Waals surface area contributed by atoms with Gasteiger partial charge in [-0.3, -0.25) is 4.79 Å². The Hall–Kier alpha value is -2.60. The lowest BCUT2D eigenvalue weighted by Gasteiger charge is -2.24. The zero-order valence-electron chi connectivity index (χ0n) is 15.2. The van der Waals surface area contributed by atoms with Crippen molar-refractivity contribution < 1.29 is 13.8 Å². The van der Waals surface area contributed by atoms with E-state index in [1.807, 2.05) is 36.9 Å². The molecule has 140 valence electrons. The van der Waals surface area contributed by atoms with Gasteiger partial charge in [0.15, 0.2) is 11.5 Å². The third-order valence-corrected chi connectivity index (χ3v) is 5.35. The van der Waals surface area contributed by atoms with E-state index in [1.165, 1.54) is 0 Å². The Morgan fingerprint density at radius 2 is 2.11 bits per heavy atom. The molecule has 4 rings (SSSR count). The summed E-state index contributed by atoms with van der Waals surface area (Å²) in [6.45, 7) is 4.62. The zero-order chi connectivity index (χ0) is 19.0. The molecule has 3 heterocycles. The summed E-state index contributed by atoms with van der Waals surface area (Å²) in [5.74, 6) is 1.17. The summed E-state index contributed by atoms with van der Waals surface area (Å²) < 4.78 is 10.8. The number of benzene rings is 1. The van der Waals surface area contributed by atoms with Crippen LogP contribution >= 0.6 is 11.6 Å². The van der Waals surface area contributed by atoms with E-state index in [0.717, 1.165) is 36.3 Å². The van der Waals surface area contributed by atoms with Crippen molar-refractivity contribution in [2.75, 3.05) is 6.54 Å². The summed E-state index contributed by atoms with van der Waals surface area (Å²) in [7, 11) is 0. The van der Waals surface area contributed by atoms with Crippen molar-refractivity contribution in [1.29, 1.82) is 0 Å². The molecule has 27 heavy (non-hydrogen) atoms. The molecule has 0 saturated carbocycles. The highest BCUT2D eigenvalue weighted by Crippen LogP contribution is 2.37. The number of aryl methyl sites for hydroxylation is 2. The minimum absolute atomic E-state index is 0.0424. The van der Waals surface area contributed by atoms with E-state index in [9.17, 15) is 4.79 Å². The van der Waals surface area contributed by atoms with Crippen LogP contribution in [0.2, 0.25) is 5.02 Å². The van der Waals surface area contributed by atoms with Gasteiger partial charge in [-0.2, -0.15) is 0 Å². The van der Waals surface area contributed by atoms with Crippen molar-refractivity contribution in [3.05, 3.63) is 58.1 Å². The van der Waals surface area contributed by atoms with Gasteiger partial charge in [0.05, 0.1) is 16.8 Å². The van der Waals surface area contributed by atoms with Crippen molar-refractivity contribution in [3.8, 4) is 11.3 Å². The van der Waals surface area contributed by atoms with Crippen molar-refractivity contribution in [2.45, 2.75) is 39.2 Å². The van der Waals surface area contributed by atoms with E-state index in [1.54, 1.807) is 12.1 Å². The number of carbonyl (C=O) groups excluding carboxylic acids is 1. The van der Waals surface area contributed by atoms with E-state index >= 15 is 0 Å². The SMILES string of the molecule is CCc1onc(C)c1C1CCCN1C(=O)c1cc(-c2ccccc2Cl)on1. The second kappa shape index (κ2) is 7.19. The molecular formula is C20H20ClN3O3. The van der Waals surface area contributed by atoms with Gasteiger partial charge < -0.3 is 13.9 Å². The molecule has 1 aromatic carbocycles. The second-order valence-corrected chi connectivity index (χ2v) is 7.08. The summed E-state index contributed by atoms with van der Waals surface area (Å²) in [6, 6.07) is 8.93. The van der Waals surface area contributed by atoms with Crippen LogP contribution in [0.15, 0.2) is 39.4 Å². The minimum atomic E-state index is -0.151. The first-order chi connectivity index (χ1) is 13.1. The number of likely N-dealkylation sites (tertiary alicyclic amines) is 1. The number of aromatic nitrogens is 2. The van der Waals surface area contributed by atoms with Crippen molar-refractivity contribution in [3.63, 3.8) is 0 Å². The fraction of sp³-hybridized carbons (Fsp3) is 0.350. The number of nitrogens with zero attached hydrogens (tertiary/aromatic N) is 3. The first kappa shape index (κ1) is 17.8. The van der Waals surface area contributed by atoms with Crippen LogP contribution in [0, 0.1) is 6.92 Å². The summed E-state index contributed by atoms with van der Waals surface area (Å²) >= 11 is 6.22. The van der Waals surface area contributed by atoms with Crippen LogP contribution in [0.1, 0.15) is 53.3 Å². The molecule has 0 bridgehead atoms. The smallest absolute Gasteiger partial charge is 0.276 e. The summed E-state index contributed by atoms with van der Waals surface area (Å²) in [5, 5.41) is 8.64. The Labute approximate surface area is 162 Å². The largest absolute Gasteiger partial charge is 0.361 e. The molecule has 0 radical (unpaired) electrons. The van der Waals surface area contributed by atoms with Gasteiger partial charge in [-0.25, -0.2) is 0 Å². The molecule has 1 aliphatic heterocycles. The first-order valence-corrected chi connectivity index (χ1v) is 9.45. The van der Waals surface area contributed by atoms with Gasteiger partial charge in [0.1, 0.15) is 5.76 Å². The zero-order valence-corrected chi connectivity index (χ0v) is 16.0. The Kier molecular flexibility index (Phi) is 4.74. The van der Waals surface area contributed by atoms with Gasteiger partial charge in [0, 0.05) is 30.2 Å². The normalized spacial score (nSPS) is 16.9. The average molecular weight is 386 g/mol. The van der Waals surface area contributed by atoms with Crippen molar-refractivity contribution >= 4 is 17.5 Å². The lowest BCUT2D eigenvalue weighted by molar-refractivity contribution is 0.0724. The van der Waals surface area contributed by atoms with Gasteiger partial charge in [0.25, 0.3) is 5.91 Å². The molecule has 1 unspecified atom stereocenters. The van der Waals surface area contributed by atoms with Gasteiger partial charge in [-0.05, 0) is 31.9 Å². The van der Waals surface area contributed by atoms with Crippen LogP contribution in [0.25, 0.3) is 11.3 Å². The Morgan fingerprint density at radius 3 is 2.89 bits per heavy atom. The van der Waals surface area contributed by atoms with E-state index in [4.69, 9.17) is 20.6 Å². The highest BCUT2D eigenvalue weighted by atomic mass is 35.5. The molecule has 1 fully saturated rings. The molecule has 0 aliphatic carbocycles. The number of amides is 1. The maximum atomic E-state index is 13.1. The average Bonchev–Trinajstić information content (AvgIpc) is 3.40. The standard InChI is InChI=1S/C20H20ClN3O3/c1-3-17-19(12(2)22-26-17)16-9-6-10-24(16)20(25)15-11-18(27-23-15)13-7-4-5-8-14(13)21/h4-5,7-8,11,16H,3,6,9-10H2,1-2H3. The Bertz CT molecular complexity index is 979. The van der Waals surface area contributed by atoms with E-state index in [-0.39, 0.29) is 17.6 Å². The molecular weight excluding hydrogens is 366 g/mol. The van der Waals surface area contributed by atoms with Crippen LogP contribution in [0.4, 0.5) is 0 Å². The number of rotatable bonds is 4. The number of hydrogen-bond acceptors (Lipinski definition) is 5. The predicted octanol–water partition coefficient (Wildman–Crippen LogP) is 4.83. The van der Waals surface area contributed by atoms with Crippen molar-refractivity contribution in [1.82, 2.24) is 15.2 Å². The Morgan fingerprint density at radius 1 is 1.30 bits per heavy atom. The van der Waals surface area contributed by atoms with E-state index < -0.39 is 0 Å². The van der Waals surface area contributed by atoms with Gasteiger partial charge in [-0.15, -0.1) is 0 Å². The van der Waals surface area contributed by atoms with E-state index in [2.05, 4.69) is 10.3 Å². The molecule has 7 heteroatoms. The lowest BCUT2D eigenvalue weighted by Crippen LogP contribution is -2.31. The molecule has 6 nitrogen and oxygen atoms in total. The number of hydrogen-bond donors (Lipinski definition) is 0. The quantitative estimate of drug-likeness (QED) is 0.643. The van der Waals surface area contributed by atoms with Gasteiger partial charge >= 0.3 is 0 Å². The molecule has 2 aromatic heterocycles. The van der Waals surface area contributed by atoms with Crippen LogP contribution < -0.4 is 0 Å². The van der Waals surface area contributed by atoms with Crippen LogP contribution in [0.5, 0.6) is 0 Å². The maximum Gasteiger partial charge on any atom is 0.276 e. The highest BCUT2D eigenvalue weighted by Gasteiger charge is 2.36. The maximum absolute atomic E-state index is 13.1. The molecule has 1 atom stereocenters. The van der Waals surface area contributed by atoms with Gasteiger partial charge in [0.2, 0.25) is 0 Å². The monoisotopic (exact) mass is 385 g/mol. The first-order valence-electron chi connectivity index (χ1n) is 9.07. The predicted molar refractivity (Wildman–Crippen MR) is 101 cm³/mol. The van der Waals surface area contributed by atoms with Crippen LogP contribution in [-0.2, 0) is 6.42 Å². The Balaban J connectivity index is 1.63. The fourth-order valence-electron chi connectivity index (χ4n) is 3.73. The number of halogens is 1. The molecule has 3 aromatic rings. The number of carbonyl (C=O) groups is 1. The minimum Gasteiger partial charge on any atom is -0.361 e. The second-order valence-electron chi connectivity index (χ2n) is 6.67. The summed E-state index contributed by atoms with van der Waals surface area (Å²) in [5.41, 5.74) is 2.86. The molecule has 1 aliphatic rings. The highest BCUT2D eigenvalue weighted by molar-refractivity contribution is 6.33. The molecule has 0 spiro atoms. The summed E-state index contributed by atoms with van der Waals surface area (Å²) in [6.07, 6.45) is 2.56. The van der Waals surface area contributed by atoms with Crippen LogP contribution in [-0.4, -0.2) is 27.7 Å². The van der Waals surface area contributed by atoms with Crippen molar-refractivity contribution in [2.24, 2.45) is 0 Å². The van der Waals surface area contributed by atoms with Gasteiger partial charge in [-0.1, -0.05) is 41.0 Å². The topological polar surface area (TPSA) is 72.4 Å². The summed E-state index contributed by atoms with van der Waals surface area (Å²) in [4.78, 5) is 15.0. The van der Waals surface area contributed by atoms with E-state index in [0.29, 0.717) is 22.9 Å². The third-order valence-electron chi connectivity index (χ3n) is 5.02.